The van der Waals surface area contributed by atoms with E-state index in [0.29, 0.717) is 24.0 Å². The van der Waals surface area contributed by atoms with Crippen LogP contribution >= 0.6 is 12.2 Å². The average molecular weight is 343 g/mol. The number of ether oxygens (including phenoxy) is 1. The second-order valence-electron chi connectivity index (χ2n) is 4.82. The van der Waals surface area contributed by atoms with Crippen molar-refractivity contribution in [2.45, 2.75) is 6.61 Å². The van der Waals surface area contributed by atoms with E-state index in [4.69, 9.17) is 17.0 Å². The highest BCUT2D eigenvalue weighted by molar-refractivity contribution is 7.80. The van der Waals surface area contributed by atoms with Crippen LogP contribution in [0.15, 0.2) is 66.3 Å². The van der Waals surface area contributed by atoms with Gasteiger partial charge in [0.1, 0.15) is 18.2 Å². The molecule has 124 valence electrons. The fourth-order valence-electron chi connectivity index (χ4n) is 1.83. The van der Waals surface area contributed by atoms with Crippen LogP contribution in [-0.4, -0.2) is 17.9 Å². The van der Waals surface area contributed by atoms with Crippen LogP contribution in [0.2, 0.25) is 0 Å². The first-order valence-corrected chi connectivity index (χ1v) is 7.74. The van der Waals surface area contributed by atoms with Crippen LogP contribution in [0.25, 0.3) is 0 Å². The fourth-order valence-corrected chi connectivity index (χ4v) is 1.96. The van der Waals surface area contributed by atoms with Gasteiger partial charge in [-0.2, -0.15) is 5.10 Å². The minimum atomic E-state index is -0.265. The molecule has 0 fully saturated rings. The number of rotatable bonds is 7. The smallest absolute Gasteiger partial charge is 0.187 e. The van der Waals surface area contributed by atoms with Gasteiger partial charge in [0.15, 0.2) is 5.11 Å². The quantitative estimate of drug-likeness (QED) is 0.350. The monoisotopic (exact) mass is 343 g/mol. The van der Waals surface area contributed by atoms with Gasteiger partial charge in [0.05, 0.1) is 6.21 Å². The molecule has 0 aliphatic rings. The van der Waals surface area contributed by atoms with Gasteiger partial charge in [0, 0.05) is 12.1 Å². The average Bonchev–Trinajstić information content (AvgIpc) is 2.60. The summed E-state index contributed by atoms with van der Waals surface area (Å²) in [5.41, 5.74) is 4.41. The summed E-state index contributed by atoms with van der Waals surface area (Å²) in [6.45, 7) is 4.51. The van der Waals surface area contributed by atoms with Crippen molar-refractivity contribution in [2.75, 3.05) is 6.54 Å². The van der Waals surface area contributed by atoms with Crippen LogP contribution in [0.3, 0.4) is 0 Å². The molecule has 2 N–H and O–H groups in total. The number of para-hydroxylation sites is 1. The molecule has 6 heteroatoms. The molecule has 0 radical (unpaired) electrons. The Morgan fingerprint density at radius 3 is 2.71 bits per heavy atom. The topological polar surface area (TPSA) is 45.7 Å². The minimum absolute atomic E-state index is 0.265. The third-order valence-electron chi connectivity index (χ3n) is 3.00. The summed E-state index contributed by atoms with van der Waals surface area (Å²) in [6.07, 6.45) is 3.33. The number of halogens is 1. The summed E-state index contributed by atoms with van der Waals surface area (Å²) in [6, 6.07) is 13.7. The van der Waals surface area contributed by atoms with E-state index < -0.39 is 0 Å². The lowest BCUT2D eigenvalue weighted by Crippen LogP contribution is -2.31. The number of nitrogens with one attached hydrogen (secondary N) is 2. The van der Waals surface area contributed by atoms with E-state index in [2.05, 4.69) is 22.4 Å². The van der Waals surface area contributed by atoms with Crippen LogP contribution in [0.5, 0.6) is 5.75 Å². The van der Waals surface area contributed by atoms with E-state index in [1.807, 2.05) is 24.3 Å². The highest BCUT2D eigenvalue weighted by Gasteiger charge is 2.02. The van der Waals surface area contributed by atoms with Crippen molar-refractivity contribution < 1.29 is 9.13 Å². The molecule has 0 spiro atoms. The number of hydrogen-bond donors (Lipinski definition) is 2. The molecule has 2 rings (SSSR count). The van der Waals surface area contributed by atoms with Crippen LogP contribution in [0.4, 0.5) is 4.39 Å². The molecule has 0 aromatic heterocycles. The van der Waals surface area contributed by atoms with Crippen molar-refractivity contribution in [2.24, 2.45) is 5.10 Å². The molecule has 0 unspecified atom stereocenters. The summed E-state index contributed by atoms with van der Waals surface area (Å²) >= 11 is 5.05. The molecule has 0 aliphatic heterocycles. The van der Waals surface area contributed by atoms with E-state index in [9.17, 15) is 4.39 Å². The molecule has 0 aliphatic carbocycles. The molecule has 2 aromatic rings. The van der Waals surface area contributed by atoms with Crippen molar-refractivity contribution in [3.8, 4) is 5.75 Å². The Kier molecular flexibility index (Phi) is 6.91. The van der Waals surface area contributed by atoms with Gasteiger partial charge in [0.25, 0.3) is 0 Å². The Hall–Kier alpha value is -2.73. The maximum absolute atomic E-state index is 12.9. The zero-order chi connectivity index (χ0) is 17.2. The molecular weight excluding hydrogens is 325 g/mol. The van der Waals surface area contributed by atoms with E-state index in [1.54, 1.807) is 24.4 Å². The number of hydrazone groups is 1. The highest BCUT2D eigenvalue weighted by Crippen LogP contribution is 2.17. The van der Waals surface area contributed by atoms with Crippen molar-refractivity contribution in [3.05, 3.63) is 78.1 Å². The number of hydrogen-bond acceptors (Lipinski definition) is 3. The predicted molar refractivity (Wildman–Crippen MR) is 98.7 cm³/mol. The summed E-state index contributed by atoms with van der Waals surface area (Å²) in [4.78, 5) is 0. The zero-order valence-corrected chi connectivity index (χ0v) is 13.9. The van der Waals surface area contributed by atoms with Gasteiger partial charge < -0.3 is 10.1 Å². The normalized spacial score (nSPS) is 10.4. The van der Waals surface area contributed by atoms with Gasteiger partial charge in [-0.15, -0.1) is 6.58 Å². The summed E-state index contributed by atoms with van der Waals surface area (Å²) < 4.78 is 18.7. The maximum atomic E-state index is 12.9. The Bertz CT molecular complexity index is 716. The maximum Gasteiger partial charge on any atom is 0.187 e. The lowest BCUT2D eigenvalue weighted by atomic mass is 10.2. The highest BCUT2D eigenvalue weighted by atomic mass is 32.1. The van der Waals surface area contributed by atoms with E-state index in [-0.39, 0.29) is 5.82 Å². The lowest BCUT2D eigenvalue weighted by Gasteiger charge is -2.09. The summed E-state index contributed by atoms with van der Waals surface area (Å²) in [5.74, 6) is 0.413. The number of nitrogens with zero attached hydrogens (tertiary/aromatic N) is 1. The van der Waals surface area contributed by atoms with Crippen molar-refractivity contribution in [1.82, 2.24) is 10.7 Å². The molecular formula is C18H18FN3OS. The molecule has 2 aromatic carbocycles. The third kappa shape index (κ3) is 5.81. The Morgan fingerprint density at radius 2 is 1.96 bits per heavy atom. The van der Waals surface area contributed by atoms with Gasteiger partial charge in [-0.25, -0.2) is 4.39 Å². The standard InChI is InChI=1S/C18H18FN3OS/c1-2-11-20-18(24)22-21-12-15-5-3-4-6-17(15)23-13-14-7-9-16(19)10-8-14/h2-10,12H,1,11,13H2,(H2,20,22,24)/b21-12-. The predicted octanol–water partition coefficient (Wildman–Crippen LogP) is 3.39. The first-order chi connectivity index (χ1) is 11.7. The van der Waals surface area contributed by atoms with Crippen molar-refractivity contribution in [1.29, 1.82) is 0 Å². The van der Waals surface area contributed by atoms with E-state index in [0.717, 1.165) is 11.1 Å². The van der Waals surface area contributed by atoms with Crippen LogP contribution < -0.4 is 15.5 Å². The zero-order valence-electron chi connectivity index (χ0n) is 13.0. The first kappa shape index (κ1) is 17.6. The molecule has 0 saturated carbocycles. The van der Waals surface area contributed by atoms with Gasteiger partial charge >= 0.3 is 0 Å². The second kappa shape index (κ2) is 9.42. The van der Waals surface area contributed by atoms with Crippen molar-refractivity contribution in [3.63, 3.8) is 0 Å². The van der Waals surface area contributed by atoms with E-state index in [1.165, 1.54) is 12.1 Å². The van der Waals surface area contributed by atoms with Gasteiger partial charge in [-0.3, -0.25) is 5.43 Å². The summed E-state index contributed by atoms with van der Waals surface area (Å²) in [7, 11) is 0. The second-order valence-corrected chi connectivity index (χ2v) is 5.23. The SMILES string of the molecule is C=CCNC(=S)N/N=C\c1ccccc1OCc1ccc(F)cc1. The molecule has 0 atom stereocenters. The Labute approximate surface area is 146 Å². The van der Waals surface area contributed by atoms with Gasteiger partial charge in [-0.05, 0) is 42.0 Å². The third-order valence-corrected chi connectivity index (χ3v) is 3.24. The van der Waals surface area contributed by atoms with Crippen LogP contribution in [0.1, 0.15) is 11.1 Å². The largest absolute Gasteiger partial charge is 0.488 e. The molecule has 24 heavy (non-hydrogen) atoms. The lowest BCUT2D eigenvalue weighted by molar-refractivity contribution is 0.305. The Morgan fingerprint density at radius 1 is 1.21 bits per heavy atom. The van der Waals surface area contributed by atoms with Crippen LogP contribution in [0, 0.1) is 5.82 Å². The molecule has 0 saturated heterocycles. The van der Waals surface area contributed by atoms with Crippen molar-refractivity contribution >= 4 is 23.5 Å². The molecule has 0 bridgehead atoms. The number of thiocarbonyl (C=S) groups is 1. The molecule has 0 amide bonds. The fraction of sp³-hybridized carbons (Fsp3) is 0.111. The Balaban J connectivity index is 1.95. The molecule has 0 heterocycles. The van der Waals surface area contributed by atoms with Gasteiger partial charge in [0.2, 0.25) is 0 Å². The molecule has 4 nitrogen and oxygen atoms in total. The van der Waals surface area contributed by atoms with E-state index >= 15 is 0 Å². The minimum Gasteiger partial charge on any atom is -0.488 e. The summed E-state index contributed by atoms with van der Waals surface area (Å²) in [5, 5.41) is 7.40. The van der Waals surface area contributed by atoms with Gasteiger partial charge in [-0.1, -0.05) is 30.3 Å². The number of benzene rings is 2. The van der Waals surface area contributed by atoms with Crippen LogP contribution in [-0.2, 0) is 6.61 Å². The first-order valence-electron chi connectivity index (χ1n) is 7.33.